The zero-order valence-corrected chi connectivity index (χ0v) is 18.1. The summed E-state index contributed by atoms with van der Waals surface area (Å²) in [6, 6.07) is 5.19. The Kier molecular flexibility index (Phi) is 7.11. The fourth-order valence-electron chi connectivity index (χ4n) is 3.25. The molecule has 1 fully saturated rings. The van der Waals surface area contributed by atoms with Crippen LogP contribution >= 0.6 is 0 Å². The van der Waals surface area contributed by atoms with E-state index in [9.17, 15) is 14.7 Å². The molecular formula is C21H33N3O5. The number of aliphatic hydroxyl groups excluding tert-OH is 1. The van der Waals surface area contributed by atoms with E-state index in [1.807, 2.05) is 26.8 Å². The lowest BCUT2D eigenvalue weighted by atomic mass is 9.99. The second kappa shape index (κ2) is 8.98. The van der Waals surface area contributed by atoms with E-state index in [0.29, 0.717) is 25.1 Å². The van der Waals surface area contributed by atoms with Gasteiger partial charge in [0.05, 0.1) is 6.10 Å². The normalized spacial score (nSPS) is 22.1. The molecular weight excluding hydrogens is 374 g/mol. The van der Waals surface area contributed by atoms with Gasteiger partial charge in [-0.05, 0) is 78.9 Å². The van der Waals surface area contributed by atoms with Crippen molar-refractivity contribution in [2.24, 2.45) is 5.92 Å². The van der Waals surface area contributed by atoms with Gasteiger partial charge in [-0.3, -0.25) is 5.32 Å². The monoisotopic (exact) mass is 407 g/mol. The highest BCUT2D eigenvalue weighted by molar-refractivity contribution is 5.83. The van der Waals surface area contributed by atoms with Gasteiger partial charge in [-0.2, -0.15) is 0 Å². The number of hydrogen-bond acceptors (Lipinski definition) is 6. The average molecular weight is 408 g/mol. The quantitative estimate of drug-likeness (QED) is 0.703. The van der Waals surface area contributed by atoms with Crippen molar-refractivity contribution < 1.29 is 24.2 Å². The molecule has 0 bridgehead atoms. The first-order valence-electron chi connectivity index (χ1n) is 9.94. The molecule has 3 atom stereocenters. The minimum absolute atomic E-state index is 0.0424. The van der Waals surface area contributed by atoms with Crippen molar-refractivity contribution >= 4 is 18.0 Å². The minimum Gasteiger partial charge on any atom is -0.444 e. The Bertz CT molecular complexity index is 724. The van der Waals surface area contributed by atoms with Crippen LogP contribution in [0.3, 0.4) is 0 Å². The molecule has 1 saturated carbocycles. The Balaban J connectivity index is 1.91. The van der Waals surface area contributed by atoms with Crippen LogP contribution in [0, 0.1) is 5.92 Å². The Hall–Kier alpha value is -2.35. The van der Waals surface area contributed by atoms with Crippen LogP contribution in [0.15, 0.2) is 18.2 Å². The highest BCUT2D eigenvalue weighted by Gasteiger charge is 2.35. The number of pyridine rings is 1. The Morgan fingerprint density at radius 3 is 2.31 bits per heavy atom. The number of carbonyl (C=O) groups excluding carboxylic acids is 2. The van der Waals surface area contributed by atoms with E-state index in [1.54, 1.807) is 32.9 Å². The highest BCUT2D eigenvalue weighted by Crippen LogP contribution is 2.29. The number of rotatable bonds is 4. The summed E-state index contributed by atoms with van der Waals surface area (Å²) in [4.78, 5) is 28.3. The number of carbonyl (C=O) groups is 2. The third-order valence-electron chi connectivity index (χ3n) is 4.29. The van der Waals surface area contributed by atoms with Gasteiger partial charge in [-0.1, -0.05) is 6.07 Å². The summed E-state index contributed by atoms with van der Waals surface area (Å²) in [5, 5.41) is 15.8. The standard InChI is InChI=1S/C21H33N3O5/c1-20(2,3)28-18(26)23-15-11-13(16(25)12-15)10-14-8-7-9-17(22-14)24-19(27)29-21(4,5)6/h7-9,13,15-16,25H,10-12H2,1-6H3,(H,23,26)(H,22,24,27). The first kappa shape index (κ1) is 22.9. The second-order valence-electron chi connectivity index (χ2n) is 9.49. The van der Waals surface area contributed by atoms with Gasteiger partial charge in [-0.15, -0.1) is 0 Å². The maximum atomic E-state index is 12.0. The molecule has 2 amide bonds. The molecule has 8 nitrogen and oxygen atoms in total. The third kappa shape index (κ3) is 8.27. The minimum atomic E-state index is -0.591. The number of alkyl carbamates (subject to hydrolysis) is 1. The number of nitrogens with one attached hydrogen (secondary N) is 2. The molecule has 3 unspecified atom stereocenters. The van der Waals surface area contributed by atoms with Crippen molar-refractivity contribution in [2.75, 3.05) is 5.32 Å². The van der Waals surface area contributed by atoms with Gasteiger partial charge < -0.3 is 19.9 Å². The molecule has 0 aliphatic heterocycles. The summed E-state index contributed by atoms with van der Waals surface area (Å²) >= 11 is 0. The van der Waals surface area contributed by atoms with Gasteiger partial charge in [0.25, 0.3) is 0 Å². The molecule has 29 heavy (non-hydrogen) atoms. The lowest BCUT2D eigenvalue weighted by molar-refractivity contribution is 0.0501. The molecule has 8 heteroatoms. The number of anilines is 1. The molecule has 162 valence electrons. The Morgan fingerprint density at radius 1 is 1.07 bits per heavy atom. The smallest absolute Gasteiger partial charge is 0.413 e. The van der Waals surface area contributed by atoms with Crippen LogP contribution in [-0.2, 0) is 15.9 Å². The third-order valence-corrected chi connectivity index (χ3v) is 4.29. The van der Waals surface area contributed by atoms with Crippen LogP contribution in [0.2, 0.25) is 0 Å². The first-order chi connectivity index (χ1) is 13.3. The van der Waals surface area contributed by atoms with E-state index in [4.69, 9.17) is 9.47 Å². The summed E-state index contributed by atoms with van der Waals surface area (Å²) in [7, 11) is 0. The van der Waals surface area contributed by atoms with Crippen LogP contribution in [0.25, 0.3) is 0 Å². The molecule has 2 rings (SSSR count). The van der Waals surface area contributed by atoms with Crippen LogP contribution in [-0.4, -0.2) is 45.6 Å². The maximum absolute atomic E-state index is 12.0. The molecule has 0 aromatic carbocycles. The van der Waals surface area contributed by atoms with Crippen molar-refractivity contribution in [3.05, 3.63) is 23.9 Å². The molecule has 0 saturated heterocycles. The van der Waals surface area contributed by atoms with Gasteiger partial charge in [0.15, 0.2) is 0 Å². The lowest BCUT2D eigenvalue weighted by Gasteiger charge is -2.21. The van der Waals surface area contributed by atoms with E-state index in [2.05, 4.69) is 15.6 Å². The van der Waals surface area contributed by atoms with Gasteiger partial charge in [0.2, 0.25) is 0 Å². The molecule has 1 aromatic rings. The highest BCUT2D eigenvalue weighted by atomic mass is 16.6. The number of aromatic nitrogens is 1. The molecule has 0 radical (unpaired) electrons. The Labute approximate surface area is 172 Å². The predicted octanol–water partition coefficient (Wildman–Crippen LogP) is 3.64. The van der Waals surface area contributed by atoms with Crippen molar-refractivity contribution in [2.45, 2.75) is 84.2 Å². The van der Waals surface area contributed by atoms with E-state index in [1.165, 1.54) is 0 Å². The second-order valence-corrected chi connectivity index (χ2v) is 9.49. The van der Waals surface area contributed by atoms with Gasteiger partial charge in [-0.25, -0.2) is 14.6 Å². The molecule has 3 N–H and O–H groups in total. The molecule has 1 aliphatic rings. The van der Waals surface area contributed by atoms with Crippen molar-refractivity contribution in [3.63, 3.8) is 0 Å². The van der Waals surface area contributed by atoms with Crippen molar-refractivity contribution in [1.82, 2.24) is 10.3 Å². The van der Waals surface area contributed by atoms with E-state index in [-0.39, 0.29) is 12.0 Å². The van der Waals surface area contributed by atoms with E-state index < -0.39 is 29.5 Å². The predicted molar refractivity (Wildman–Crippen MR) is 110 cm³/mol. The number of ether oxygens (including phenoxy) is 2. The molecule has 0 spiro atoms. The van der Waals surface area contributed by atoms with Crippen LogP contribution < -0.4 is 10.6 Å². The average Bonchev–Trinajstić information content (AvgIpc) is 2.82. The van der Waals surface area contributed by atoms with Gasteiger partial charge in [0.1, 0.15) is 17.0 Å². The summed E-state index contributed by atoms with van der Waals surface area (Å²) in [5.74, 6) is 0.354. The van der Waals surface area contributed by atoms with Gasteiger partial charge >= 0.3 is 12.2 Å². The van der Waals surface area contributed by atoms with Crippen molar-refractivity contribution in [3.8, 4) is 0 Å². The summed E-state index contributed by atoms with van der Waals surface area (Å²) < 4.78 is 10.5. The van der Waals surface area contributed by atoms with Crippen LogP contribution in [0.1, 0.15) is 60.1 Å². The van der Waals surface area contributed by atoms with Crippen LogP contribution in [0.4, 0.5) is 15.4 Å². The SMILES string of the molecule is CC(C)(C)OC(=O)Nc1cccc(CC2CC(NC(=O)OC(C)(C)C)CC2O)n1. The largest absolute Gasteiger partial charge is 0.444 e. The molecule has 1 aromatic heterocycles. The summed E-state index contributed by atoms with van der Waals surface area (Å²) in [6.07, 6.45) is 0.0595. The zero-order chi connectivity index (χ0) is 21.8. The fraction of sp³-hybridized carbons (Fsp3) is 0.667. The summed E-state index contributed by atoms with van der Waals surface area (Å²) in [5.41, 5.74) is -0.404. The van der Waals surface area contributed by atoms with E-state index >= 15 is 0 Å². The molecule has 1 heterocycles. The summed E-state index contributed by atoms with van der Waals surface area (Å²) in [6.45, 7) is 10.8. The van der Waals surface area contributed by atoms with Gasteiger partial charge in [0, 0.05) is 11.7 Å². The molecule has 1 aliphatic carbocycles. The number of amides is 2. The maximum Gasteiger partial charge on any atom is 0.413 e. The van der Waals surface area contributed by atoms with Crippen molar-refractivity contribution in [1.29, 1.82) is 0 Å². The lowest BCUT2D eigenvalue weighted by Crippen LogP contribution is -2.38. The number of hydrogen-bond donors (Lipinski definition) is 3. The first-order valence-corrected chi connectivity index (χ1v) is 9.94. The van der Waals surface area contributed by atoms with E-state index in [0.717, 1.165) is 5.69 Å². The zero-order valence-electron chi connectivity index (χ0n) is 18.1. The Morgan fingerprint density at radius 2 is 1.69 bits per heavy atom. The van der Waals surface area contributed by atoms with Crippen LogP contribution in [0.5, 0.6) is 0 Å². The number of nitrogens with zero attached hydrogens (tertiary/aromatic N) is 1. The fourth-order valence-corrected chi connectivity index (χ4v) is 3.25. The number of aliphatic hydroxyl groups is 1. The topological polar surface area (TPSA) is 110 Å².